The van der Waals surface area contributed by atoms with Crippen LogP contribution in [0.15, 0.2) is 0 Å². The fourth-order valence-corrected chi connectivity index (χ4v) is 1.96. The minimum absolute atomic E-state index is 0.477. The lowest BCUT2D eigenvalue weighted by Gasteiger charge is -2.28. The van der Waals surface area contributed by atoms with Crippen molar-refractivity contribution < 1.29 is 14.7 Å². The Labute approximate surface area is 82.7 Å². The third-order valence-electron chi connectivity index (χ3n) is 2.73. The standard InChI is InChI=1S/C9H16N2O3/c10-8(14)11-9(7(12)13)5-3-1-2-4-6-9/h1-6H2,(H,12,13)(H3,10,11,14). The van der Waals surface area contributed by atoms with Crippen LogP contribution in [0.3, 0.4) is 0 Å². The molecular formula is C9H16N2O3. The van der Waals surface area contributed by atoms with E-state index in [1.54, 1.807) is 0 Å². The quantitative estimate of drug-likeness (QED) is 0.576. The van der Waals surface area contributed by atoms with Crippen molar-refractivity contribution in [2.24, 2.45) is 5.73 Å². The first kappa shape index (κ1) is 10.8. The number of amides is 2. The Bertz CT molecular complexity index is 232. The first-order valence-electron chi connectivity index (χ1n) is 4.88. The fourth-order valence-electron chi connectivity index (χ4n) is 1.96. The van der Waals surface area contributed by atoms with Crippen LogP contribution in [-0.4, -0.2) is 22.6 Å². The SMILES string of the molecule is NC(=O)NC1(C(=O)O)CCCCCC1. The van der Waals surface area contributed by atoms with Gasteiger partial charge < -0.3 is 16.2 Å². The van der Waals surface area contributed by atoms with Crippen LogP contribution in [0.5, 0.6) is 0 Å². The number of carboxylic acids is 1. The molecule has 80 valence electrons. The molecule has 4 N–H and O–H groups in total. The molecule has 1 aliphatic carbocycles. The van der Waals surface area contributed by atoms with Gasteiger partial charge in [-0.1, -0.05) is 25.7 Å². The molecule has 0 aromatic heterocycles. The second-order valence-corrected chi connectivity index (χ2v) is 3.79. The molecule has 1 rings (SSSR count). The average Bonchev–Trinajstić information content (AvgIpc) is 2.29. The number of carboxylic acid groups (broad SMARTS) is 1. The van der Waals surface area contributed by atoms with Crippen LogP contribution in [-0.2, 0) is 4.79 Å². The third kappa shape index (κ3) is 2.37. The maximum atomic E-state index is 11.1. The molecule has 1 fully saturated rings. The topological polar surface area (TPSA) is 92.4 Å². The molecular weight excluding hydrogens is 184 g/mol. The van der Waals surface area contributed by atoms with E-state index < -0.39 is 17.5 Å². The monoisotopic (exact) mass is 200 g/mol. The molecule has 0 heterocycles. The predicted octanol–water partition coefficient (Wildman–Crippen LogP) is 0.832. The number of nitrogens with two attached hydrogens (primary N) is 1. The second kappa shape index (κ2) is 4.30. The minimum Gasteiger partial charge on any atom is -0.480 e. The number of hydrogen-bond acceptors (Lipinski definition) is 2. The highest BCUT2D eigenvalue weighted by Crippen LogP contribution is 2.27. The molecule has 0 aliphatic heterocycles. The van der Waals surface area contributed by atoms with Gasteiger partial charge in [-0.2, -0.15) is 0 Å². The lowest BCUT2D eigenvalue weighted by atomic mass is 9.90. The summed E-state index contributed by atoms with van der Waals surface area (Å²) in [6, 6.07) is -0.755. The number of rotatable bonds is 2. The Morgan fingerprint density at radius 2 is 1.64 bits per heavy atom. The summed E-state index contributed by atoms with van der Waals surface area (Å²) < 4.78 is 0. The van der Waals surface area contributed by atoms with Crippen LogP contribution >= 0.6 is 0 Å². The van der Waals surface area contributed by atoms with Gasteiger partial charge >= 0.3 is 12.0 Å². The fraction of sp³-hybridized carbons (Fsp3) is 0.778. The van der Waals surface area contributed by atoms with Crippen LogP contribution < -0.4 is 11.1 Å². The highest BCUT2D eigenvalue weighted by Gasteiger charge is 2.39. The Balaban J connectivity index is 2.77. The summed E-state index contributed by atoms with van der Waals surface area (Å²) in [7, 11) is 0. The third-order valence-corrected chi connectivity index (χ3v) is 2.73. The molecule has 5 nitrogen and oxygen atoms in total. The van der Waals surface area contributed by atoms with Gasteiger partial charge in [-0.25, -0.2) is 9.59 Å². The highest BCUT2D eigenvalue weighted by molar-refractivity contribution is 5.85. The van der Waals surface area contributed by atoms with E-state index in [4.69, 9.17) is 10.8 Å². The summed E-state index contributed by atoms with van der Waals surface area (Å²) in [4.78, 5) is 21.8. The zero-order valence-electron chi connectivity index (χ0n) is 8.08. The minimum atomic E-state index is -1.12. The molecule has 2 amide bonds. The largest absolute Gasteiger partial charge is 0.480 e. The van der Waals surface area contributed by atoms with E-state index in [0.29, 0.717) is 12.8 Å². The zero-order valence-corrected chi connectivity index (χ0v) is 8.08. The number of urea groups is 1. The molecule has 14 heavy (non-hydrogen) atoms. The number of carbonyl (C=O) groups excluding carboxylic acids is 1. The number of aliphatic carboxylic acids is 1. The van der Waals surface area contributed by atoms with E-state index in [-0.39, 0.29) is 0 Å². The van der Waals surface area contributed by atoms with E-state index in [1.165, 1.54) is 0 Å². The van der Waals surface area contributed by atoms with Crippen LogP contribution in [0.4, 0.5) is 4.79 Å². The number of nitrogens with one attached hydrogen (secondary N) is 1. The Morgan fingerprint density at radius 3 is 2.00 bits per heavy atom. The molecule has 1 aliphatic rings. The Hall–Kier alpha value is -1.26. The lowest BCUT2D eigenvalue weighted by molar-refractivity contribution is -0.145. The first-order chi connectivity index (χ1) is 6.57. The predicted molar refractivity (Wildman–Crippen MR) is 50.8 cm³/mol. The molecule has 0 unspecified atom stereocenters. The number of carbonyl (C=O) groups is 2. The van der Waals surface area contributed by atoms with Gasteiger partial charge in [0, 0.05) is 0 Å². The summed E-state index contributed by atoms with van der Waals surface area (Å²) in [6.45, 7) is 0. The van der Waals surface area contributed by atoms with E-state index in [2.05, 4.69) is 5.32 Å². The molecule has 0 saturated heterocycles. The molecule has 0 bridgehead atoms. The zero-order chi connectivity index (χ0) is 10.6. The molecule has 0 aromatic carbocycles. The maximum absolute atomic E-state index is 11.1. The summed E-state index contributed by atoms with van der Waals surface area (Å²) in [5.41, 5.74) is 3.86. The van der Waals surface area contributed by atoms with Gasteiger partial charge in [0.05, 0.1) is 0 Å². The molecule has 0 radical (unpaired) electrons. The summed E-state index contributed by atoms with van der Waals surface area (Å²) in [5, 5.41) is 11.5. The normalized spacial score (nSPS) is 20.9. The van der Waals surface area contributed by atoms with Crippen molar-refractivity contribution in [1.29, 1.82) is 0 Å². The summed E-state index contributed by atoms with van der Waals surface area (Å²) in [5.74, 6) is -0.974. The van der Waals surface area contributed by atoms with Gasteiger partial charge in [0.15, 0.2) is 0 Å². The molecule has 5 heteroatoms. The van der Waals surface area contributed by atoms with Gasteiger partial charge in [0.1, 0.15) is 5.54 Å². The van der Waals surface area contributed by atoms with Crippen molar-refractivity contribution in [3.8, 4) is 0 Å². The van der Waals surface area contributed by atoms with Crippen molar-refractivity contribution in [1.82, 2.24) is 5.32 Å². The molecule has 0 aromatic rings. The van der Waals surface area contributed by atoms with Crippen LogP contribution in [0.1, 0.15) is 38.5 Å². The summed E-state index contributed by atoms with van der Waals surface area (Å²) in [6.07, 6.45) is 4.65. The van der Waals surface area contributed by atoms with Crippen LogP contribution in [0.2, 0.25) is 0 Å². The Morgan fingerprint density at radius 1 is 1.14 bits per heavy atom. The van der Waals surface area contributed by atoms with Crippen LogP contribution in [0.25, 0.3) is 0 Å². The van der Waals surface area contributed by atoms with Crippen molar-refractivity contribution in [3.05, 3.63) is 0 Å². The van der Waals surface area contributed by atoms with Gasteiger partial charge in [0.2, 0.25) is 0 Å². The highest BCUT2D eigenvalue weighted by atomic mass is 16.4. The van der Waals surface area contributed by atoms with Gasteiger partial charge in [-0.05, 0) is 12.8 Å². The van der Waals surface area contributed by atoms with Crippen molar-refractivity contribution >= 4 is 12.0 Å². The molecule has 0 atom stereocenters. The first-order valence-corrected chi connectivity index (χ1v) is 4.88. The van der Waals surface area contributed by atoms with Gasteiger partial charge in [-0.3, -0.25) is 0 Å². The molecule has 0 spiro atoms. The van der Waals surface area contributed by atoms with E-state index in [9.17, 15) is 9.59 Å². The maximum Gasteiger partial charge on any atom is 0.329 e. The summed E-state index contributed by atoms with van der Waals surface area (Å²) >= 11 is 0. The smallest absolute Gasteiger partial charge is 0.329 e. The van der Waals surface area contributed by atoms with E-state index in [0.717, 1.165) is 25.7 Å². The van der Waals surface area contributed by atoms with Gasteiger partial charge in [0.25, 0.3) is 0 Å². The van der Waals surface area contributed by atoms with Crippen LogP contribution in [0, 0.1) is 0 Å². The number of primary amides is 1. The van der Waals surface area contributed by atoms with Crippen molar-refractivity contribution in [2.45, 2.75) is 44.1 Å². The molecule has 1 saturated carbocycles. The van der Waals surface area contributed by atoms with Crippen molar-refractivity contribution in [2.75, 3.05) is 0 Å². The Kier molecular flexibility index (Phi) is 3.33. The second-order valence-electron chi connectivity index (χ2n) is 3.79. The number of hydrogen-bond donors (Lipinski definition) is 3. The van der Waals surface area contributed by atoms with Crippen molar-refractivity contribution in [3.63, 3.8) is 0 Å². The lowest BCUT2D eigenvalue weighted by Crippen LogP contribution is -2.55. The van der Waals surface area contributed by atoms with E-state index >= 15 is 0 Å². The van der Waals surface area contributed by atoms with Gasteiger partial charge in [-0.15, -0.1) is 0 Å². The van der Waals surface area contributed by atoms with E-state index in [1.807, 2.05) is 0 Å². The average molecular weight is 200 g/mol.